The van der Waals surface area contributed by atoms with Crippen molar-refractivity contribution < 1.29 is 9.53 Å². The molecular formula is C13H16O2. The number of allylic oxidation sites excluding steroid dienone is 1. The van der Waals surface area contributed by atoms with Crippen LogP contribution in [0.4, 0.5) is 0 Å². The molecule has 0 spiro atoms. The third-order valence-corrected chi connectivity index (χ3v) is 4.21. The van der Waals surface area contributed by atoms with Gasteiger partial charge in [-0.15, -0.1) is 0 Å². The Hall–Kier alpha value is -1.05. The average Bonchev–Trinajstić information content (AvgIpc) is 2.89. The normalized spacial score (nSPS) is 36.9. The van der Waals surface area contributed by atoms with Crippen LogP contribution in [0.25, 0.3) is 0 Å². The fourth-order valence-corrected chi connectivity index (χ4v) is 3.66. The van der Waals surface area contributed by atoms with Crippen LogP contribution in [-0.2, 0) is 9.53 Å². The van der Waals surface area contributed by atoms with Gasteiger partial charge in [0.05, 0.1) is 0 Å². The summed E-state index contributed by atoms with van der Waals surface area (Å²) >= 11 is 0. The van der Waals surface area contributed by atoms with Gasteiger partial charge < -0.3 is 4.74 Å². The molecule has 0 aromatic heterocycles. The van der Waals surface area contributed by atoms with Crippen LogP contribution in [0.3, 0.4) is 0 Å². The van der Waals surface area contributed by atoms with E-state index < -0.39 is 0 Å². The minimum absolute atomic E-state index is 0.0841. The number of rotatable bonds is 2. The fraction of sp³-hybridized carbons (Fsp3) is 0.615. The molecule has 2 saturated carbocycles. The summed E-state index contributed by atoms with van der Waals surface area (Å²) in [6, 6.07) is 0. The van der Waals surface area contributed by atoms with Gasteiger partial charge in [-0.1, -0.05) is 12.2 Å². The first-order chi connectivity index (χ1) is 7.29. The van der Waals surface area contributed by atoms with Crippen LogP contribution in [0.5, 0.6) is 0 Å². The number of fused-ring (bicyclic) bond motifs is 4. The van der Waals surface area contributed by atoms with E-state index >= 15 is 0 Å². The number of carbonyl (C=O) groups is 1. The largest absolute Gasteiger partial charge is 0.455 e. The highest BCUT2D eigenvalue weighted by molar-refractivity contribution is 5.81. The van der Waals surface area contributed by atoms with Gasteiger partial charge in [0.25, 0.3) is 0 Å². The monoisotopic (exact) mass is 204 g/mol. The summed E-state index contributed by atoms with van der Waals surface area (Å²) in [4.78, 5) is 11.2. The second-order valence-corrected chi connectivity index (χ2v) is 4.88. The quantitative estimate of drug-likeness (QED) is 0.392. The van der Waals surface area contributed by atoms with Gasteiger partial charge in [0.2, 0.25) is 0 Å². The lowest BCUT2D eigenvalue weighted by Gasteiger charge is -2.20. The van der Waals surface area contributed by atoms with Crippen molar-refractivity contribution in [2.75, 3.05) is 0 Å². The lowest BCUT2D eigenvalue weighted by Crippen LogP contribution is -2.18. The van der Waals surface area contributed by atoms with Crippen molar-refractivity contribution in [3.8, 4) is 0 Å². The highest BCUT2D eigenvalue weighted by atomic mass is 16.5. The van der Waals surface area contributed by atoms with E-state index in [1.165, 1.54) is 37.3 Å². The van der Waals surface area contributed by atoms with Gasteiger partial charge in [-0.2, -0.15) is 0 Å². The van der Waals surface area contributed by atoms with Gasteiger partial charge in [-0.05, 0) is 49.5 Å². The van der Waals surface area contributed by atoms with Crippen molar-refractivity contribution in [2.24, 2.45) is 11.8 Å². The zero-order valence-corrected chi connectivity index (χ0v) is 8.87. The first-order valence-corrected chi connectivity index (χ1v) is 5.84. The number of hydrogen-bond donors (Lipinski definition) is 0. The minimum Gasteiger partial charge on any atom is -0.455 e. The first kappa shape index (κ1) is 9.20. The molecule has 80 valence electrons. The molecule has 0 heterocycles. The molecule has 3 rings (SSSR count). The van der Waals surface area contributed by atoms with Gasteiger partial charge in [0, 0.05) is 6.08 Å². The Bertz CT molecular complexity index is 354. The smallest absolute Gasteiger partial charge is 0.330 e. The molecule has 3 atom stereocenters. The lowest BCUT2D eigenvalue weighted by molar-refractivity contribution is -0.141. The van der Waals surface area contributed by atoms with Gasteiger partial charge in [-0.3, -0.25) is 0 Å². The van der Waals surface area contributed by atoms with E-state index in [2.05, 4.69) is 6.58 Å². The van der Waals surface area contributed by atoms with E-state index in [-0.39, 0.29) is 12.1 Å². The third-order valence-electron chi connectivity index (χ3n) is 4.21. The Morgan fingerprint density at radius 2 is 2.27 bits per heavy atom. The van der Waals surface area contributed by atoms with Crippen LogP contribution >= 0.6 is 0 Å². The summed E-state index contributed by atoms with van der Waals surface area (Å²) in [6.45, 7) is 3.45. The second kappa shape index (κ2) is 3.22. The highest BCUT2D eigenvalue weighted by Gasteiger charge is 2.46. The van der Waals surface area contributed by atoms with Gasteiger partial charge in [0.15, 0.2) is 0 Å². The van der Waals surface area contributed by atoms with Crippen LogP contribution in [0.2, 0.25) is 0 Å². The molecule has 0 aliphatic heterocycles. The standard InChI is InChI=1S/C13H16O2/c1-2-12(14)15-11-6-5-10-8-3-4-9(7-8)13(10)11/h2,8,10-11H,1,3-7H2. The number of hydrogen-bond acceptors (Lipinski definition) is 2. The summed E-state index contributed by atoms with van der Waals surface area (Å²) in [6.07, 6.45) is 7.50. The molecule has 3 aliphatic rings. The molecule has 15 heavy (non-hydrogen) atoms. The van der Waals surface area contributed by atoms with Crippen molar-refractivity contribution in [3.63, 3.8) is 0 Å². The molecule has 0 N–H and O–H groups in total. The zero-order chi connectivity index (χ0) is 10.4. The van der Waals surface area contributed by atoms with E-state index in [0.29, 0.717) is 0 Å². The Morgan fingerprint density at radius 1 is 1.40 bits per heavy atom. The topological polar surface area (TPSA) is 26.3 Å². The highest BCUT2D eigenvalue weighted by Crippen LogP contribution is 2.55. The minimum atomic E-state index is -0.267. The van der Waals surface area contributed by atoms with E-state index in [1.54, 1.807) is 5.57 Å². The number of carbonyl (C=O) groups excluding carboxylic acids is 1. The van der Waals surface area contributed by atoms with Crippen LogP contribution < -0.4 is 0 Å². The fourth-order valence-electron chi connectivity index (χ4n) is 3.66. The van der Waals surface area contributed by atoms with E-state index in [0.717, 1.165) is 18.3 Å². The molecule has 0 amide bonds. The molecule has 0 radical (unpaired) electrons. The molecule has 2 heteroatoms. The molecule has 0 saturated heterocycles. The molecule has 3 aliphatic carbocycles. The summed E-state index contributed by atoms with van der Waals surface area (Å²) in [5.41, 5.74) is 3.09. The molecule has 2 bridgehead atoms. The van der Waals surface area contributed by atoms with Crippen LogP contribution in [-0.4, -0.2) is 12.1 Å². The molecule has 0 aromatic rings. The second-order valence-electron chi connectivity index (χ2n) is 4.88. The summed E-state index contributed by atoms with van der Waals surface area (Å²) < 4.78 is 5.41. The first-order valence-electron chi connectivity index (χ1n) is 5.84. The summed E-state index contributed by atoms with van der Waals surface area (Å²) in [7, 11) is 0. The maximum atomic E-state index is 11.2. The van der Waals surface area contributed by atoms with Gasteiger partial charge in [-0.25, -0.2) is 4.79 Å². The molecule has 3 unspecified atom stereocenters. The van der Waals surface area contributed by atoms with Gasteiger partial charge >= 0.3 is 5.97 Å². The Labute approximate surface area is 90.0 Å². The van der Waals surface area contributed by atoms with E-state index in [9.17, 15) is 4.79 Å². The van der Waals surface area contributed by atoms with Crippen LogP contribution in [0.1, 0.15) is 32.1 Å². The van der Waals surface area contributed by atoms with E-state index in [1.807, 2.05) is 0 Å². The average molecular weight is 204 g/mol. The Balaban J connectivity index is 1.82. The third kappa shape index (κ3) is 1.27. The maximum Gasteiger partial charge on any atom is 0.330 e. The number of esters is 1. The Kier molecular flexibility index (Phi) is 1.98. The SMILES string of the molecule is C=CC(=O)OC1CCC2C1=C1CCC2C1. The zero-order valence-electron chi connectivity index (χ0n) is 8.87. The van der Waals surface area contributed by atoms with Crippen LogP contribution in [0.15, 0.2) is 23.8 Å². The molecular weight excluding hydrogens is 188 g/mol. The van der Waals surface area contributed by atoms with Crippen molar-refractivity contribution in [2.45, 2.75) is 38.2 Å². The van der Waals surface area contributed by atoms with Crippen molar-refractivity contribution in [1.82, 2.24) is 0 Å². The van der Waals surface area contributed by atoms with Crippen molar-refractivity contribution >= 4 is 5.97 Å². The van der Waals surface area contributed by atoms with E-state index in [4.69, 9.17) is 4.74 Å². The van der Waals surface area contributed by atoms with Crippen molar-refractivity contribution in [1.29, 1.82) is 0 Å². The van der Waals surface area contributed by atoms with Crippen LogP contribution in [0, 0.1) is 11.8 Å². The maximum absolute atomic E-state index is 11.2. The summed E-state index contributed by atoms with van der Waals surface area (Å²) in [5.74, 6) is 1.36. The van der Waals surface area contributed by atoms with Gasteiger partial charge in [0.1, 0.15) is 6.10 Å². The van der Waals surface area contributed by atoms with Crippen molar-refractivity contribution in [3.05, 3.63) is 23.8 Å². The summed E-state index contributed by atoms with van der Waals surface area (Å²) in [5, 5.41) is 0. The molecule has 2 nitrogen and oxygen atoms in total. The Morgan fingerprint density at radius 3 is 3.07 bits per heavy atom. The molecule has 0 aromatic carbocycles. The predicted molar refractivity (Wildman–Crippen MR) is 57.2 cm³/mol. The lowest BCUT2D eigenvalue weighted by atomic mass is 9.88. The molecule has 2 fully saturated rings. The predicted octanol–water partition coefficient (Wildman–Crippen LogP) is 2.60. The number of ether oxygens (including phenoxy) is 1.